The van der Waals surface area contributed by atoms with Gasteiger partial charge in [-0.2, -0.15) is 0 Å². The quantitative estimate of drug-likeness (QED) is 0.674. The summed E-state index contributed by atoms with van der Waals surface area (Å²) in [4.78, 5) is 32.8. The van der Waals surface area contributed by atoms with Crippen LogP contribution in [0.4, 0.5) is 0 Å². The lowest BCUT2D eigenvalue weighted by Crippen LogP contribution is -2.55. The van der Waals surface area contributed by atoms with E-state index in [4.69, 9.17) is 0 Å². The Labute approximate surface area is 202 Å². The van der Waals surface area contributed by atoms with Crippen molar-refractivity contribution in [3.05, 3.63) is 59.2 Å². The fourth-order valence-corrected chi connectivity index (χ4v) is 6.26. The van der Waals surface area contributed by atoms with Crippen molar-refractivity contribution < 1.29 is 9.59 Å². The smallest absolute Gasteiger partial charge is 0.254 e. The van der Waals surface area contributed by atoms with Gasteiger partial charge in [-0.1, -0.05) is 30.7 Å². The van der Waals surface area contributed by atoms with E-state index in [1.54, 1.807) is 0 Å². The molecule has 5 heteroatoms. The van der Waals surface area contributed by atoms with Gasteiger partial charge in [-0.3, -0.25) is 14.5 Å². The predicted molar refractivity (Wildman–Crippen MR) is 134 cm³/mol. The minimum absolute atomic E-state index is 0.138. The van der Waals surface area contributed by atoms with Crippen LogP contribution in [-0.2, 0) is 6.42 Å². The highest BCUT2D eigenvalue weighted by molar-refractivity contribution is 5.98. The second-order valence-electron chi connectivity index (χ2n) is 10.6. The highest BCUT2D eigenvalue weighted by Gasteiger charge is 2.35. The molecule has 34 heavy (non-hydrogen) atoms. The first-order valence-electron chi connectivity index (χ1n) is 13.2. The topological polar surface area (TPSA) is 43.9 Å². The fraction of sp³-hybridized carbons (Fsp3) is 0.517. The molecule has 3 heterocycles. The van der Waals surface area contributed by atoms with Gasteiger partial charge in [-0.25, -0.2) is 0 Å². The molecule has 3 fully saturated rings. The monoisotopic (exact) mass is 457 g/mol. The first-order valence-corrected chi connectivity index (χ1v) is 13.2. The molecule has 0 N–H and O–H groups in total. The summed E-state index contributed by atoms with van der Waals surface area (Å²) in [6, 6.07) is 15.4. The van der Waals surface area contributed by atoms with Crippen LogP contribution in [0.2, 0.25) is 0 Å². The van der Waals surface area contributed by atoms with E-state index in [2.05, 4.69) is 21.9 Å². The maximum Gasteiger partial charge on any atom is 0.254 e. The summed E-state index contributed by atoms with van der Waals surface area (Å²) in [5, 5.41) is 0. The van der Waals surface area contributed by atoms with Gasteiger partial charge in [-0.05, 0) is 86.4 Å². The van der Waals surface area contributed by atoms with Crippen LogP contribution in [0.15, 0.2) is 42.5 Å². The number of benzene rings is 2. The standard InChI is InChI=1S/C29H35N3O2/c33-28(30-15-1-2-16-30)22-10-8-21(9-11-22)23-12-13-27-24(19-23)14-18-32(29(27)34)26-7-4-17-31(20-26)25-5-3-6-25/h8-13,19,25-26H,1-7,14-18,20H2/t26-/m1/s1. The molecule has 6 rings (SSSR count). The van der Waals surface area contributed by atoms with E-state index >= 15 is 0 Å². The van der Waals surface area contributed by atoms with Crippen molar-refractivity contribution in [1.29, 1.82) is 0 Å². The summed E-state index contributed by atoms with van der Waals surface area (Å²) in [6.07, 6.45) is 9.49. The fourth-order valence-electron chi connectivity index (χ4n) is 6.26. The van der Waals surface area contributed by atoms with Crippen molar-refractivity contribution in [1.82, 2.24) is 14.7 Å². The molecule has 2 amide bonds. The number of amides is 2. The number of nitrogens with zero attached hydrogens (tertiary/aromatic N) is 3. The Morgan fingerprint density at radius 2 is 1.50 bits per heavy atom. The van der Waals surface area contributed by atoms with E-state index < -0.39 is 0 Å². The summed E-state index contributed by atoms with van der Waals surface area (Å²) >= 11 is 0. The molecule has 4 aliphatic rings. The van der Waals surface area contributed by atoms with Crippen LogP contribution in [0.5, 0.6) is 0 Å². The molecule has 1 atom stereocenters. The molecule has 0 radical (unpaired) electrons. The minimum Gasteiger partial charge on any atom is -0.339 e. The average molecular weight is 458 g/mol. The normalized spacial score (nSPS) is 23.6. The molecular formula is C29H35N3O2. The Morgan fingerprint density at radius 3 is 2.24 bits per heavy atom. The zero-order valence-corrected chi connectivity index (χ0v) is 20.0. The van der Waals surface area contributed by atoms with E-state index in [1.807, 2.05) is 35.2 Å². The third kappa shape index (κ3) is 4.04. The third-order valence-electron chi connectivity index (χ3n) is 8.54. The van der Waals surface area contributed by atoms with Crippen LogP contribution in [-0.4, -0.2) is 71.3 Å². The van der Waals surface area contributed by atoms with Gasteiger partial charge in [0.1, 0.15) is 0 Å². The summed E-state index contributed by atoms with van der Waals surface area (Å²) in [5.41, 5.74) is 5.00. The van der Waals surface area contributed by atoms with Crippen LogP contribution in [0.3, 0.4) is 0 Å². The molecule has 3 aliphatic heterocycles. The largest absolute Gasteiger partial charge is 0.339 e. The first-order chi connectivity index (χ1) is 16.7. The van der Waals surface area contributed by atoms with Gasteiger partial charge in [0.05, 0.1) is 0 Å². The molecule has 0 unspecified atom stereocenters. The Balaban J connectivity index is 1.16. The van der Waals surface area contributed by atoms with Crippen molar-refractivity contribution in [2.75, 3.05) is 32.7 Å². The molecule has 5 nitrogen and oxygen atoms in total. The van der Waals surface area contributed by atoms with Gasteiger partial charge in [0.15, 0.2) is 0 Å². The molecule has 0 bridgehead atoms. The molecule has 1 saturated carbocycles. The van der Waals surface area contributed by atoms with Crippen LogP contribution in [0, 0.1) is 0 Å². The zero-order valence-electron chi connectivity index (χ0n) is 20.0. The van der Waals surface area contributed by atoms with Crippen molar-refractivity contribution in [3.8, 4) is 11.1 Å². The second-order valence-corrected chi connectivity index (χ2v) is 10.6. The summed E-state index contributed by atoms with van der Waals surface area (Å²) < 4.78 is 0. The number of carbonyl (C=O) groups is 2. The Hall–Kier alpha value is -2.66. The highest BCUT2D eigenvalue weighted by Crippen LogP contribution is 2.32. The van der Waals surface area contributed by atoms with Gasteiger partial charge in [0, 0.05) is 49.4 Å². The zero-order chi connectivity index (χ0) is 23.1. The Morgan fingerprint density at radius 1 is 0.765 bits per heavy atom. The minimum atomic E-state index is 0.138. The van der Waals surface area contributed by atoms with Crippen molar-refractivity contribution >= 4 is 11.8 Å². The van der Waals surface area contributed by atoms with Gasteiger partial charge in [-0.15, -0.1) is 0 Å². The van der Waals surface area contributed by atoms with Crippen molar-refractivity contribution in [2.45, 2.75) is 63.5 Å². The first kappa shape index (κ1) is 21.8. The predicted octanol–water partition coefficient (Wildman–Crippen LogP) is 4.60. The molecule has 0 aromatic heterocycles. The molecule has 1 aliphatic carbocycles. The lowest BCUT2D eigenvalue weighted by Gasteiger charge is -2.46. The van der Waals surface area contributed by atoms with Gasteiger partial charge in [0.25, 0.3) is 11.8 Å². The van der Waals surface area contributed by atoms with Crippen molar-refractivity contribution in [2.24, 2.45) is 0 Å². The average Bonchev–Trinajstić information content (AvgIpc) is 3.38. The maximum absolute atomic E-state index is 13.4. The van der Waals surface area contributed by atoms with Crippen LogP contribution in [0.1, 0.15) is 71.2 Å². The number of rotatable bonds is 4. The van der Waals surface area contributed by atoms with Gasteiger partial charge >= 0.3 is 0 Å². The second kappa shape index (κ2) is 9.18. The van der Waals surface area contributed by atoms with Crippen LogP contribution in [0.25, 0.3) is 11.1 Å². The van der Waals surface area contributed by atoms with Crippen LogP contribution >= 0.6 is 0 Å². The number of hydrogen-bond donors (Lipinski definition) is 0. The molecule has 2 saturated heterocycles. The maximum atomic E-state index is 13.4. The molecule has 2 aromatic carbocycles. The lowest BCUT2D eigenvalue weighted by molar-refractivity contribution is 0.0337. The number of carbonyl (C=O) groups excluding carboxylic acids is 2. The lowest BCUT2D eigenvalue weighted by atomic mass is 9.88. The summed E-state index contributed by atoms with van der Waals surface area (Å²) in [7, 11) is 0. The summed E-state index contributed by atoms with van der Waals surface area (Å²) in [6.45, 7) is 4.81. The van der Waals surface area contributed by atoms with E-state index in [0.717, 1.165) is 85.7 Å². The Bertz CT molecular complexity index is 1070. The number of piperidine rings is 1. The number of likely N-dealkylation sites (tertiary alicyclic amines) is 2. The third-order valence-corrected chi connectivity index (χ3v) is 8.54. The van der Waals surface area contributed by atoms with E-state index in [-0.39, 0.29) is 11.8 Å². The number of hydrogen-bond acceptors (Lipinski definition) is 3. The molecule has 2 aromatic rings. The highest BCUT2D eigenvalue weighted by atomic mass is 16.2. The summed E-state index contributed by atoms with van der Waals surface area (Å²) in [5.74, 6) is 0.346. The molecule has 178 valence electrons. The molecule has 0 spiro atoms. The van der Waals surface area contributed by atoms with Crippen molar-refractivity contribution in [3.63, 3.8) is 0 Å². The van der Waals surface area contributed by atoms with Gasteiger partial charge < -0.3 is 9.80 Å². The van der Waals surface area contributed by atoms with E-state index in [0.29, 0.717) is 6.04 Å². The van der Waals surface area contributed by atoms with E-state index in [9.17, 15) is 9.59 Å². The van der Waals surface area contributed by atoms with Crippen LogP contribution < -0.4 is 0 Å². The number of fused-ring (bicyclic) bond motifs is 1. The Kier molecular flexibility index (Phi) is 5.90. The van der Waals surface area contributed by atoms with Gasteiger partial charge in [0.2, 0.25) is 0 Å². The SMILES string of the molecule is O=C(c1ccc(-c2ccc3c(c2)CCN([C@@H]2CCCN(C4CCC4)C2)C3=O)cc1)N1CCCC1. The van der Waals surface area contributed by atoms with E-state index in [1.165, 1.54) is 32.2 Å². The molecular weight excluding hydrogens is 422 g/mol.